The molecule has 0 fully saturated rings. The van der Waals surface area contributed by atoms with E-state index in [4.69, 9.17) is 16.4 Å². The van der Waals surface area contributed by atoms with Gasteiger partial charge in [-0.2, -0.15) is 0 Å². The highest BCUT2D eigenvalue weighted by atomic mass is 35.5. The molecule has 0 bridgehead atoms. The summed E-state index contributed by atoms with van der Waals surface area (Å²) >= 11 is 7.26. The number of hydrogen-bond donors (Lipinski definition) is 1. The lowest BCUT2D eigenvalue weighted by atomic mass is 10.2. The van der Waals surface area contributed by atoms with Crippen LogP contribution in [0.5, 0.6) is 0 Å². The van der Waals surface area contributed by atoms with E-state index in [9.17, 15) is 13.2 Å². The van der Waals surface area contributed by atoms with Crippen LogP contribution in [0, 0.1) is 0 Å². The van der Waals surface area contributed by atoms with Crippen molar-refractivity contribution in [1.29, 1.82) is 0 Å². The second-order valence-electron chi connectivity index (χ2n) is 5.75. The van der Waals surface area contributed by atoms with Crippen LogP contribution in [0.1, 0.15) is 9.67 Å². The van der Waals surface area contributed by atoms with Crippen molar-refractivity contribution in [3.05, 3.63) is 70.6 Å². The lowest BCUT2D eigenvalue weighted by molar-refractivity contribution is -0.0258. The standard InChI is InChI=1S/C19H17ClN2O4S2/c1-22(26-2)28(24,25)16-9-7-15(8-10-16)21-19(23)18-12-11-17(27-18)13-3-5-14(20)6-4-13/h3-12H,1-2H3,(H,21,23). The number of sulfonamides is 1. The minimum atomic E-state index is -3.73. The van der Waals surface area contributed by atoms with Gasteiger partial charge in [0.2, 0.25) is 0 Å². The summed E-state index contributed by atoms with van der Waals surface area (Å²) in [6.07, 6.45) is 0. The minimum Gasteiger partial charge on any atom is -0.321 e. The Morgan fingerprint density at radius 1 is 1.04 bits per heavy atom. The van der Waals surface area contributed by atoms with Gasteiger partial charge in [-0.25, -0.2) is 8.42 Å². The molecule has 0 spiro atoms. The SMILES string of the molecule is CON(C)S(=O)(=O)c1ccc(NC(=O)c2ccc(-c3ccc(Cl)cc3)s2)cc1. The van der Waals surface area contributed by atoms with Gasteiger partial charge in [-0.1, -0.05) is 28.2 Å². The van der Waals surface area contributed by atoms with Crippen LogP contribution < -0.4 is 5.32 Å². The molecule has 1 amide bonds. The topological polar surface area (TPSA) is 75.7 Å². The average Bonchev–Trinajstić information content (AvgIpc) is 3.18. The molecule has 0 aliphatic carbocycles. The third-order valence-corrected chi connectivity index (χ3v) is 7.04. The molecule has 9 heteroatoms. The molecule has 1 N–H and O–H groups in total. The molecule has 28 heavy (non-hydrogen) atoms. The second kappa shape index (κ2) is 8.42. The fourth-order valence-electron chi connectivity index (χ4n) is 2.38. The molecule has 0 radical (unpaired) electrons. The van der Waals surface area contributed by atoms with Gasteiger partial charge in [0.15, 0.2) is 0 Å². The van der Waals surface area contributed by atoms with E-state index in [0.29, 0.717) is 15.6 Å². The molecule has 0 saturated carbocycles. The van der Waals surface area contributed by atoms with Gasteiger partial charge in [0.05, 0.1) is 16.9 Å². The van der Waals surface area contributed by atoms with E-state index in [-0.39, 0.29) is 10.8 Å². The van der Waals surface area contributed by atoms with E-state index in [1.54, 1.807) is 18.2 Å². The molecule has 3 rings (SSSR count). The zero-order valence-electron chi connectivity index (χ0n) is 15.0. The number of halogens is 1. The zero-order chi connectivity index (χ0) is 20.3. The van der Waals surface area contributed by atoms with Gasteiger partial charge in [-0.15, -0.1) is 11.3 Å². The van der Waals surface area contributed by atoms with E-state index in [1.165, 1.54) is 49.8 Å². The molecule has 6 nitrogen and oxygen atoms in total. The molecule has 146 valence electrons. The largest absolute Gasteiger partial charge is 0.321 e. The number of carbonyl (C=O) groups excluding carboxylic acids is 1. The monoisotopic (exact) mass is 436 g/mol. The number of anilines is 1. The quantitative estimate of drug-likeness (QED) is 0.577. The van der Waals surface area contributed by atoms with Crippen molar-refractivity contribution >= 4 is 44.6 Å². The van der Waals surface area contributed by atoms with Gasteiger partial charge in [0, 0.05) is 22.6 Å². The summed E-state index contributed by atoms with van der Waals surface area (Å²) in [6.45, 7) is 0. The Morgan fingerprint density at radius 3 is 2.29 bits per heavy atom. The predicted molar refractivity (Wildman–Crippen MR) is 111 cm³/mol. The lowest BCUT2D eigenvalue weighted by Crippen LogP contribution is -2.25. The maximum absolute atomic E-state index is 12.5. The Labute approximate surface area is 172 Å². The van der Waals surface area contributed by atoms with Crippen molar-refractivity contribution in [3.63, 3.8) is 0 Å². The van der Waals surface area contributed by atoms with E-state index in [2.05, 4.69) is 5.32 Å². The van der Waals surface area contributed by atoms with Gasteiger partial charge in [-0.05, 0) is 54.1 Å². The first-order valence-electron chi connectivity index (χ1n) is 8.11. The summed E-state index contributed by atoms with van der Waals surface area (Å²) in [4.78, 5) is 18.8. The molecule has 0 unspecified atom stereocenters. The highest BCUT2D eigenvalue weighted by Gasteiger charge is 2.20. The number of nitrogens with zero attached hydrogens (tertiary/aromatic N) is 1. The first-order valence-corrected chi connectivity index (χ1v) is 10.7. The number of nitrogens with one attached hydrogen (secondary N) is 1. The summed E-state index contributed by atoms with van der Waals surface area (Å²) in [5.41, 5.74) is 1.47. The van der Waals surface area contributed by atoms with Crippen LogP contribution >= 0.6 is 22.9 Å². The molecular formula is C19H17ClN2O4S2. The summed E-state index contributed by atoms with van der Waals surface area (Å²) < 4.78 is 25.1. The summed E-state index contributed by atoms with van der Waals surface area (Å²) in [6, 6.07) is 16.9. The number of rotatable bonds is 6. The molecule has 0 atom stereocenters. The number of thiophene rings is 1. The number of hydroxylamine groups is 1. The first kappa shape index (κ1) is 20.5. The summed E-state index contributed by atoms with van der Waals surface area (Å²) in [7, 11) is -1.15. The van der Waals surface area contributed by atoms with Gasteiger partial charge in [-0.3, -0.25) is 9.63 Å². The van der Waals surface area contributed by atoms with Gasteiger partial charge in [0.1, 0.15) is 0 Å². The predicted octanol–water partition coefficient (Wildman–Crippen LogP) is 4.50. The Kier molecular flexibility index (Phi) is 6.17. The number of benzene rings is 2. The zero-order valence-corrected chi connectivity index (χ0v) is 17.4. The highest BCUT2D eigenvalue weighted by Crippen LogP contribution is 2.29. The Bertz CT molecular complexity index is 1080. The Morgan fingerprint density at radius 2 is 1.68 bits per heavy atom. The van der Waals surface area contributed by atoms with Crippen molar-refractivity contribution in [3.8, 4) is 10.4 Å². The van der Waals surface area contributed by atoms with Crippen LogP contribution in [0.3, 0.4) is 0 Å². The third-order valence-electron chi connectivity index (χ3n) is 3.96. The lowest BCUT2D eigenvalue weighted by Gasteiger charge is -2.14. The fraction of sp³-hybridized carbons (Fsp3) is 0.105. The van der Waals surface area contributed by atoms with Gasteiger partial charge >= 0.3 is 0 Å². The van der Waals surface area contributed by atoms with Crippen molar-refractivity contribution in [2.45, 2.75) is 4.90 Å². The third kappa shape index (κ3) is 4.43. The minimum absolute atomic E-state index is 0.0657. The van der Waals surface area contributed by atoms with Crippen LogP contribution in [0.4, 0.5) is 5.69 Å². The van der Waals surface area contributed by atoms with E-state index in [0.717, 1.165) is 14.9 Å². The summed E-state index contributed by atoms with van der Waals surface area (Å²) in [5.74, 6) is -0.269. The maximum Gasteiger partial charge on any atom is 0.265 e. The smallest absolute Gasteiger partial charge is 0.265 e. The molecule has 2 aromatic carbocycles. The summed E-state index contributed by atoms with van der Waals surface area (Å²) in [5, 5.41) is 3.42. The molecule has 0 saturated heterocycles. The van der Waals surface area contributed by atoms with Crippen LogP contribution in [-0.4, -0.2) is 33.0 Å². The molecular weight excluding hydrogens is 420 g/mol. The van der Waals surface area contributed by atoms with E-state index >= 15 is 0 Å². The van der Waals surface area contributed by atoms with Crippen molar-refractivity contribution in [1.82, 2.24) is 4.47 Å². The molecule has 0 aliphatic rings. The van der Waals surface area contributed by atoms with Gasteiger partial charge < -0.3 is 5.32 Å². The van der Waals surface area contributed by atoms with Crippen LogP contribution in [0.2, 0.25) is 5.02 Å². The Balaban J connectivity index is 1.72. The van der Waals surface area contributed by atoms with E-state index in [1.807, 2.05) is 18.2 Å². The van der Waals surface area contributed by atoms with Gasteiger partial charge in [0.25, 0.3) is 15.9 Å². The number of hydrogen-bond acceptors (Lipinski definition) is 5. The molecule has 3 aromatic rings. The number of carbonyl (C=O) groups is 1. The number of amides is 1. The van der Waals surface area contributed by atoms with Crippen LogP contribution in [0.15, 0.2) is 65.6 Å². The fourth-order valence-corrected chi connectivity index (χ4v) is 4.38. The highest BCUT2D eigenvalue weighted by molar-refractivity contribution is 7.89. The Hall–Kier alpha value is -2.23. The molecule has 1 heterocycles. The normalized spacial score (nSPS) is 11.6. The van der Waals surface area contributed by atoms with Crippen LogP contribution in [0.25, 0.3) is 10.4 Å². The molecule has 0 aliphatic heterocycles. The first-order chi connectivity index (χ1) is 13.3. The maximum atomic E-state index is 12.5. The average molecular weight is 437 g/mol. The van der Waals surface area contributed by atoms with Crippen molar-refractivity contribution in [2.75, 3.05) is 19.5 Å². The van der Waals surface area contributed by atoms with Crippen molar-refractivity contribution in [2.24, 2.45) is 0 Å². The van der Waals surface area contributed by atoms with Crippen molar-refractivity contribution < 1.29 is 18.0 Å². The molecule has 1 aromatic heterocycles. The second-order valence-corrected chi connectivity index (χ2v) is 9.20. The van der Waals surface area contributed by atoms with E-state index < -0.39 is 10.0 Å². The van der Waals surface area contributed by atoms with Crippen LogP contribution in [-0.2, 0) is 14.9 Å².